The molecule has 2 aromatic carbocycles. The standard InChI is InChI=1S/C19H22N2O5S/c1-13-4-8-16(9-5-13)27(24,25)20-11-10-18(22)21-17-12-15(19(23)26-3)7-6-14(17)2/h4-9,12,20H,10-11H2,1-3H3,(H,21,22). The van der Waals surface area contributed by atoms with Crippen molar-refractivity contribution >= 4 is 27.6 Å². The van der Waals surface area contributed by atoms with Gasteiger partial charge in [-0.15, -0.1) is 0 Å². The molecule has 1 amide bonds. The van der Waals surface area contributed by atoms with Gasteiger partial charge in [0.1, 0.15) is 0 Å². The Bertz CT molecular complexity index is 937. The number of nitrogens with one attached hydrogen (secondary N) is 2. The van der Waals surface area contributed by atoms with E-state index in [0.29, 0.717) is 11.3 Å². The van der Waals surface area contributed by atoms with Crippen molar-refractivity contribution in [3.05, 3.63) is 59.2 Å². The molecule has 0 fully saturated rings. The van der Waals surface area contributed by atoms with E-state index in [1.165, 1.54) is 25.3 Å². The van der Waals surface area contributed by atoms with Crippen molar-refractivity contribution in [3.63, 3.8) is 0 Å². The van der Waals surface area contributed by atoms with Gasteiger partial charge >= 0.3 is 5.97 Å². The van der Waals surface area contributed by atoms with E-state index < -0.39 is 16.0 Å². The fraction of sp³-hybridized carbons (Fsp3) is 0.263. The molecule has 0 aliphatic heterocycles. The van der Waals surface area contributed by atoms with Crippen LogP contribution in [0.5, 0.6) is 0 Å². The maximum atomic E-state index is 12.2. The predicted molar refractivity (Wildman–Crippen MR) is 102 cm³/mol. The minimum absolute atomic E-state index is 0.0439. The van der Waals surface area contributed by atoms with E-state index in [9.17, 15) is 18.0 Å². The van der Waals surface area contributed by atoms with E-state index in [1.54, 1.807) is 31.2 Å². The van der Waals surface area contributed by atoms with Crippen molar-refractivity contribution in [1.29, 1.82) is 0 Å². The number of benzene rings is 2. The van der Waals surface area contributed by atoms with Gasteiger partial charge in [0.15, 0.2) is 0 Å². The summed E-state index contributed by atoms with van der Waals surface area (Å²) in [7, 11) is -2.39. The van der Waals surface area contributed by atoms with Gasteiger partial charge in [0, 0.05) is 18.7 Å². The molecule has 0 bridgehead atoms. The van der Waals surface area contributed by atoms with Crippen LogP contribution in [0.25, 0.3) is 0 Å². The van der Waals surface area contributed by atoms with Crippen LogP contribution in [-0.4, -0.2) is 33.9 Å². The summed E-state index contributed by atoms with van der Waals surface area (Å²) in [6.45, 7) is 3.61. The third-order valence-corrected chi connectivity index (χ3v) is 5.39. The molecule has 0 aliphatic carbocycles. The lowest BCUT2D eigenvalue weighted by atomic mass is 10.1. The second kappa shape index (κ2) is 8.79. The molecule has 0 aliphatic rings. The molecule has 27 heavy (non-hydrogen) atoms. The number of aryl methyl sites for hydroxylation is 2. The van der Waals surface area contributed by atoms with Crippen LogP contribution < -0.4 is 10.0 Å². The van der Waals surface area contributed by atoms with Crippen molar-refractivity contribution in [1.82, 2.24) is 4.72 Å². The summed E-state index contributed by atoms with van der Waals surface area (Å²) in [6.07, 6.45) is -0.0486. The van der Waals surface area contributed by atoms with Gasteiger partial charge in [-0.25, -0.2) is 17.9 Å². The number of sulfonamides is 1. The Kier molecular flexibility index (Phi) is 6.70. The molecule has 0 aromatic heterocycles. The Morgan fingerprint density at radius 1 is 1.04 bits per heavy atom. The average molecular weight is 390 g/mol. The highest BCUT2D eigenvalue weighted by Gasteiger charge is 2.15. The Balaban J connectivity index is 1.95. The molecule has 0 saturated carbocycles. The second-order valence-electron chi connectivity index (χ2n) is 6.03. The van der Waals surface area contributed by atoms with Gasteiger partial charge in [-0.05, 0) is 43.7 Å². The molecule has 0 unspecified atom stereocenters. The Morgan fingerprint density at radius 3 is 2.33 bits per heavy atom. The van der Waals surface area contributed by atoms with Crippen LogP contribution in [0, 0.1) is 13.8 Å². The minimum atomic E-state index is -3.67. The molecule has 2 rings (SSSR count). The van der Waals surface area contributed by atoms with Crippen LogP contribution in [0.4, 0.5) is 5.69 Å². The topological polar surface area (TPSA) is 102 Å². The smallest absolute Gasteiger partial charge is 0.337 e. The Labute approximate surface area is 158 Å². The lowest BCUT2D eigenvalue weighted by Gasteiger charge is -2.11. The van der Waals surface area contributed by atoms with Gasteiger partial charge in [0.05, 0.1) is 17.6 Å². The van der Waals surface area contributed by atoms with Gasteiger partial charge in [-0.1, -0.05) is 23.8 Å². The molecule has 8 heteroatoms. The van der Waals surface area contributed by atoms with Crippen molar-refractivity contribution < 1.29 is 22.7 Å². The van der Waals surface area contributed by atoms with Crippen molar-refractivity contribution in [2.24, 2.45) is 0 Å². The fourth-order valence-corrected chi connectivity index (χ4v) is 3.35. The molecule has 2 aromatic rings. The maximum absolute atomic E-state index is 12.2. The number of methoxy groups -OCH3 is 1. The van der Waals surface area contributed by atoms with Gasteiger partial charge < -0.3 is 10.1 Å². The third kappa shape index (κ3) is 5.63. The van der Waals surface area contributed by atoms with E-state index in [2.05, 4.69) is 14.8 Å². The predicted octanol–water partition coefficient (Wildman–Crippen LogP) is 2.40. The molecule has 0 heterocycles. The number of carbonyl (C=O) groups is 2. The van der Waals surface area contributed by atoms with E-state index in [0.717, 1.165) is 11.1 Å². The highest BCUT2D eigenvalue weighted by Crippen LogP contribution is 2.18. The highest BCUT2D eigenvalue weighted by atomic mass is 32.2. The van der Waals surface area contributed by atoms with Crippen molar-refractivity contribution in [2.45, 2.75) is 25.2 Å². The molecular weight excluding hydrogens is 368 g/mol. The minimum Gasteiger partial charge on any atom is -0.465 e. The first-order valence-corrected chi connectivity index (χ1v) is 9.76. The molecule has 7 nitrogen and oxygen atoms in total. The van der Waals surface area contributed by atoms with Crippen LogP contribution in [0.15, 0.2) is 47.4 Å². The second-order valence-corrected chi connectivity index (χ2v) is 7.80. The SMILES string of the molecule is COC(=O)c1ccc(C)c(NC(=O)CCNS(=O)(=O)c2ccc(C)cc2)c1. The summed E-state index contributed by atoms with van der Waals surface area (Å²) in [4.78, 5) is 23.9. The number of esters is 1. The van der Waals surface area contributed by atoms with Gasteiger partial charge in [0.2, 0.25) is 15.9 Å². The quantitative estimate of drug-likeness (QED) is 0.707. The van der Waals surface area contributed by atoms with Crippen LogP contribution in [0.2, 0.25) is 0 Å². The van der Waals surface area contributed by atoms with Crippen LogP contribution in [-0.2, 0) is 19.6 Å². The van der Waals surface area contributed by atoms with E-state index in [-0.39, 0.29) is 23.8 Å². The van der Waals surface area contributed by atoms with E-state index in [4.69, 9.17) is 0 Å². The fourth-order valence-electron chi connectivity index (χ4n) is 2.31. The molecule has 0 saturated heterocycles. The normalized spacial score (nSPS) is 11.1. The van der Waals surface area contributed by atoms with Gasteiger partial charge in [-0.3, -0.25) is 4.79 Å². The highest BCUT2D eigenvalue weighted by molar-refractivity contribution is 7.89. The zero-order chi connectivity index (χ0) is 20.0. The van der Waals surface area contributed by atoms with Crippen LogP contribution >= 0.6 is 0 Å². The average Bonchev–Trinajstić information content (AvgIpc) is 2.63. The van der Waals surface area contributed by atoms with Crippen molar-refractivity contribution in [3.8, 4) is 0 Å². The van der Waals surface area contributed by atoms with Gasteiger partial charge in [-0.2, -0.15) is 0 Å². The zero-order valence-corrected chi connectivity index (χ0v) is 16.2. The number of rotatable bonds is 7. The summed E-state index contributed by atoms with van der Waals surface area (Å²) in [5.41, 5.74) is 2.52. The van der Waals surface area contributed by atoms with Crippen molar-refractivity contribution in [2.75, 3.05) is 19.0 Å². The largest absolute Gasteiger partial charge is 0.465 e. The molecule has 144 valence electrons. The number of ether oxygens (including phenoxy) is 1. The summed E-state index contributed by atoms with van der Waals surface area (Å²) in [5, 5.41) is 2.68. The van der Waals surface area contributed by atoms with Crippen LogP contribution in [0.1, 0.15) is 27.9 Å². The first kappa shape index (κ1) is 20.6. The summed E-state index contributed by atoms with van der Waals surface area (Å²) in [6, 6.07) is 11.3. The third-order valence-electron chi connectivity index (χ3n) is 3.91. The Hall–Kier alpha value is -2.71. The molecular formula is C19H22N2O5S. The van der Waals surface area contributed by atoms with Gasteiger partial charge in [0.25, 0.3) is 0 Å². The number of carbonyl (C=O) groups excluding carboxylic acids is 2. The lowest BCUT2D eigenvalue weighted by Crippen LogP contribution is -2.28. The molecule has 0 spiro atoms. The molecule has 0 atom stereocenters. The van der Waals surface area contributed by atoms with E-state index >= 15 is 0 Å². The summed E-state index contributed by atoms with van der Waals surface area (Å²) < 4.78 is 31.5. The number of hydrogen-bond acceptors (Lipinski definition) is 5. The zero-order valence-electron chi connectivity index (χ0n) is 15.4. The lowest BCUT2D eigenvalue weighted by molar-refractivity contribution is -0.116. The molecule has 0 radical (unpaired) electrons. The molecule has 2 N–H and O–H groups in total. The maximum Gasteiger partial charge on any atom is 0.337 e. The van der Waals surface area contributed by atoms with E-state index in [1.807, 2.05) is 6.92 Å². The summed E-state index contributed by atoms with van der Waals surface area (Å²) >= 11 is 0. The first-order chi connectivity index (χ1) is 12.7. The van der Waals surface area contributed by atoms with Crippen LogP contribution in [0.3, 0.4) is 0 Å². The first-order valence-electron chi connectivity index (χ1n) is 8.28. The number of hydrogen-bond donors (Lipinski definition) is 2. The number of anilines is 1. The number of amides is 1. The Morgan fingerprint density at radius 2 is 1.70 bits per heavy atom. The summed E-state index contributed by atoms with van der Waals surface area (Å²) in [5.74, 6) is -0.872. The monoisotopic (exact) mass is 390 g/mol.